The van der Waals surface area contributed by atoms with Crippen LogP contribution in [-0.4, -0.2) is 64.9 Å². The van der Waals surface area contributed by atoms with E-state index in [1.165, 1.54) is 9.80 Å². The van der Waals surface area contributed by atoms with Crippen molar-refractivity contribution in [2.24, 2.45) is 0 Å². The third kappa shape index (κ3) is 2.75. The van der Waals surface area contributed by atoms with E-state index in [1.54, 1.807) is 6.07 Å². The Balaban J connectivity index is 1.51. The maximum Gasteiger partial charge on any atom is 0.292 e. The number of nitrogens with one attached hydrogen (secondary N) is 1. The van der Waals surface area contributed by atoms with Crippen molar-refractivity contribution in [3.05, 3.63) is 42.2 Å². The van der Waals surface area contributed by atoms with Gasteiger partial charge in [-0.25, -0.2) is 0 Å². The molecule has 1 aromatic carbocycles. The number of nitrogens with zero attached hydrogens (tertiary/aromatic N) is 3. The largest absolute Gasteiger partial charge is 0.350 e. The fourth-order valence-electron chi connectivity index (χ4n) is 3.15. The predicted octanol–water partition coefficient (Wildman–Crippen LogP) is 0.124. The van der Waals surface area contributed by atoms with Crippen molar-refractivity contribution in [2.45, 2.75) is 6.04 Å². The summed E-state index contributed by atoms with van der Waals surface area (Å²) in [5, 5.41) is 6.50. The van der Waals surface area contributed by atoms with E-state index >= 15 is 0 Å². The quantitative estimate of drug-likeness (QED) is 0.838. The molecule has 3 amide bonds. The van der Waals surface area contributed by atoms with Gasteiger partial charge in [0.05, 0.1) is 13.1 Å². The summed E-state index contributed by atoms with van der Waals surface area (Å²) >= 11 is 0. The van der Waals surface area contributed by atoms with Crippen LogP contribution in [0.1, 0.15) is 10.6 Å². The van der Waals surface area contributed by atoms with Crippen LogP contribution in [0.5, 0.6) is 0 Å². The molecule has 3 heterocycles. The number of hydrogen-bond acceptors (Lipinski definition) is 5. The molecule has 8 heteroatoms. The van der Waals surface area contributed by atoms with E-state index in [2.05, 4.69) is 10.5 Å². The number of rotatable bonds is 2. The number of piperazine rings is 2. The second kappa shape index (κ2) is 6.04. The summed E-state index contributed by atoms with van der Waals surface area (Å²) in [7, 11) is 0. The van der Waals surface area contributed by atoms with Crippen LogP contribution in [0.4, 0.5) is 0 Å². The summed E-state index contributed by atoms with van der Waals surface area (Å²) in [6.45, 7) is 0.863. The molecule has 2 aliphatic heterocycles. The van der Waals surface area contributed by atoms with Gasteiger partial charge in [0.15, 0.2) is 0 Å². The van der Waals surface area contributed by atoms with Crippen molar-refractivity contribution in [3.63, 3.8) is 0 Å². The Morgan fingerprint density at radius 3 is 2.80 bits per heavy atom. The van der Waals surface area contributed by atoms with Gasteiger partial charge in [0.25, 0.3) is 5.91 Å². The lowest BCUT2D eigenvalue weighted by Gasteiger charge is -2.42. The molecular weight excluding hydrogens is 324 g/mol. The molecule has 2 aliphatic rings. The van der Waals surface area contributed by atoms with Gasteiger partial charge in [-0.05, 0) is 0 Å². The van der Waals surface area contributed by atoms with E-state index in [0.29, 0.717) is 18.8 Å². The Bertz CT molecular complexity index is 832. The molecular formula is C17H16N4O4. The van der Waals surface area contributed by atoms with Crippen molar-refractivity contribution < 1.29 is 18.9 Å². The molecule has 0 spiro atoms. The predicted molar refractivity (Wildman–Crippen MR) is 86.4 cm³/mol. The first-order valence-corrected chi connectivity index (χ1v) is 8.02. The fraction of sp³-hybridized carbons (Fsp3) is 0.294. The van der Waals surface area contributed by atoms with Gasteiger partial charge in [0, 0.05) is 24.7 Å². The first-order valence-electron chi connectivity index (χ1n) is 8.02. The zero-order valence-corrected chi connectivity index (χ0v) is 13.3. The summed E-state index contributed by atoms with van der Waals surface area (Å²) < 4.78 is 5.20. The second-order valence-electron chi connectivity index (χ2n) is 6.01. The molecule has 1 unspecified atom stereocenters. The van der Waals surface area contributed by atoms with E-state index in [9.17, 15) is 14.4 Å². The lowest BCUT2D eigenvalue weighted by molar-refractivity contribution is -0.148. The van der Waals surface area contributed by atoms with Crippen molar-refractivity contribution >= 4 is 17.7 Å². The highest BCUT2D eigenvalue weighted by atomic mass is 16.5. The fourth-order valence-corrected chi connectivity index (χ4v) is 3.15. The molecule has 2 fully saturated rings. The van der Waals surface area contributed by atoms with Gasteiger partial charge in [0.1, 0.15) is 11.7 Å². The molecule has 8 nitrogen and oxygen atoms in total. The maximum atomic E-state index is 12.7. The number of benzene rings is 1. The van der Waals surface area contributed by atoms with E-state index < -0.39 is 6.04 Å². The van der Waals surface area contributed by atoms with Gasteiger partial charge >= 0.3 is 0 Å². The van der Waals surface area contributed by atoms with Crippen LogP contribution in [0, 0.1) is 0 Å². The van der Waals surface area contributed by atoms with E-state index in [-0.39, 0.29) is 36.6 Å². The number of aromatic nitrogens is 1. The first kappa shape index (κ1) is 15.4. The Morgan fingerprint density at radius 1 is 1.20 bits per heavy atom. The summed E-state index contributed by atoms with van der Waals surface area (Å²) in [5.41, 5.74) is 1.43. The molecule has 128 valence electrons. The third-order valence-corrected chi connectivity index (χ3v) is 4.49. The zero-order valence-electron chi connectivity index (χ0n) is 13.3. The minimum absolute atomic E-state index is 0.0197. The first-order chi connectivity index (χ1) is 12.1. The van der Waals surface area contributed by atoms with Gasteiger partial charge < -0.3 is 19.6 Å². The number of amides is 3. The van der Waals surface area contributed by atoms with Crippen molar-refractivity contribution in [2.75, 3.05) is 26.2 Å². The molecule has 1 aromatic heterocycles. The average molecular weight is 340 g/mol. The topological polar surface area (TPSA) is 95.8 Å². The van der Waals surface area contributed by atoms with Crippen LogP contribution < -0.4 is 5.32 Å². The average Bonchev–Trinajstić information content (AvgIpc) is 3.15. The van der Waals surface area contributed by atoms with Crippen LogP contribution in [-0.2, 0) is 9.59 Å². The number of carbonyl (C=O) groups is 3. The monoisotopic (exact) mass is 340 g/mol. The molecule has 4 rings (SSSR count). The highest BCUT2D eigenvalue weighted by Crippen LogP contribution is 2.21. The van der Waals surface area contributed by atoms with Gasteiger partial charge in [-0.15, -0.1) is 0 Å². The van der Waals surface area contributed by atoms with Crippen molar-refractivity contribution in [1.82, 2.24) is 20.3 Å². The van der Waals surface area contributed by atoms with E-state index in [4.69, 9.17) is 4.52 Å². The Labute approximate surface area is 143 Å². The molecule has 0 radical (unpaired) electrons. The molecule has 0 bridgehead atoms. The van der Waals surface area contributed by atoms with Gasteiger partial charge in [-0.2, -0.15) is 0 Å². The van der Waals surface area contributed by atoms with Crippen molar-refractivity contribution in [1.29, 1.82) is 0 Å². The Hall–Kier alpha value is -3.16. The molecule has 2 aromatic rings. The van der Waals surface area contributed by atoms with E-state index in [0.717, 1.165) is 5.56 Å². The van der Waals surface area contributed by atoms with Crippen LogP contribution in [0.3, 0.4) is 0 Å². The molecule has 25 heavy (non-hydrogen) atoms. The Morgan fingerprint density at radius 2 is 2.00 bits per heavy atom. The number of carbonyl (C=O) groups excluding carboxylic acids is 3. The molecule has 1 N–H and O–H groups in total. The lowest BCUT2D eigenvalue weighted by Crippen LogP contribution is -2.66. The number of hydrogen-bond donors (Lipinski definition) is 1. The lowest BCUT2D eigenvalue weighted by atomic mass is 10.1. The highest BCUT2D eigenvalue weighted by Gasteiger charge is 2.40. The number of fused-ring (bicyclic) bond motifs is 1. The van der Waals surface area contributed by atoms with Gasteiger partial charge in [-0.1, -0.05) is 35.5 Å². The van der Waals surface area contributed by atoms with Gasteiger partial charge in [-0.3, -0.25) is 14.4 Å². The third-order valence-electron chi connectivity index (χ3n) is 4.49. The normalized spacial score (nSPS) is 20.2. The van der Waals surface area contributed by atoms with Crippen LogP contribution in [0.25, 0.3) is 11.3 Å². The summed E-state index contributed by atoms with van der Waals surface area (Å²) in [6, 6.07) is 10.4. The van der Waals surface area contributed by atoms with Gasteiger partial charge in [0.2, 0.25) is 17.6 Å². The standard InChI is InChI=1S/C17H16N4O4/c22-15-9-18-16(23)13-10-20(6-7-21(13)15)17(24)14-8-12(19-25-14)11-4-2-1-3-5-11/h1-5,8,13H,6-7,9-10H2,(H,18,23). The molecule has 2 saturated heterocycles. The molecule has 0 aliphatic carbocycles. The smallest absolute Gasteiger partial charge is 0.292 e. The highest BCUT2D eigenvalue weighted by molar-refractivity contribution is 5.97. The zero-order chi connectivity index (χ0) is 17.4. The van der Waals surface area contributed by atoms with Crippen LogP contribution in [0.2, 0.25) is 0 Å². The second-order valence-corrected chi connectivity index (χ2v) is 6.01. The molecule has 1 atom stereocenters. The summed E-state index contributed by atoms with van der Waals surface area (Å²) in [5.74, 6) is -0.572. The summed E-state index contributed by atoms with van der Waals surface area (Å²) in [4.78, 5) is 39.6. The van der Waals surface area contributed by atoms with Crippen LogP contribution in [0.15, 0.2) is 40.9 Å². The van der Waals surface area contributed by atoms with E-state index in [1.807, 2.05) is 30.3 Å². The maximum absolute atomic E-state index is 12.7. The SMILES string of the molecule is O=C1NCC(=O)N2CCN(C(=O)c3cc(-c4ccccc4)no3)CC12. The summed E-state index contributed by atoms with van der Waals surface area (Å²) in [6.07, 6.45) is 0. The molecule has 0 saturated carbocycles. The minimum atomic E-state index is -0.643. The minimum Gasteiger partial charge on any atom is -0.350 e. The van der Waals surface area contributed by atoms with Crippen LogP contribution >= 0.6 is 0 Å². The Kier molecular flexibility index (Phi) is 3.72. The van der Waals surface area contributed by atoms with Crippen molar-refractivity contribution in [3.8, 4) is 11.3 Å².